The molecule has 30 heavy (non-hydrogen) atoms. The first-order valence-corrected chi connectivity index (χ1v) is 11.5. The molecule has 1 heterocycles. The van der Waals surface area contributed by atoms with Crippen LogP contribution in [0.25, 0.3) is 0 Å². The van der Waals surface area contributed by atoms with E-state index in [1.54, 1.807) is 11.8 Å². The smallest absolute Gasteiger partial charge is 0.319 e. The molecule has 0 aromatic heterocycles. The molecular formula is C23H28ClN3O2S. The van der Waals surface area contributed by atoms with Crippen molar-refractivity contribution < 1.29 is 9.59 Å². The van der Waals surface area contributed by atoms with Gasteiger partial charge in [0, 0.05) is 35.2 Å². The summed E-state index contributed by atoms with van der Waals surface area (Å²) in [5.41, 5.74) is 1.92. The first-order chi connectivity index (χ1) is 14.4. The lowest BCUT2D eigenvalue weighted by molar-refractivity contribution is -0.132. The summed E-state index contributed by atoms with van der Waals surface area (Å²) in [5, 5.41) is 6.32. The molecule has 1 saturated heterocycles. The van der Waals surface area contributed by atoms with E-state index in [1.165, 1.54) is 0 Å². The highest BCUT2D eigenvalue weighted by Gasteiger charge is 2.27. The van der Waals surface area contributed by atoms with E-state index in [4.69, 9.17) is 11.6 Å². The second-order valence-corrected chi connectivity index (χ2v) is 9.56. The summed E-state index contributed by atoms with van der Waals surface area (Å²) >= 11 is 7.48. The van der Waals surface area contributed by atoms with Gasteiger partial charge in [-0.05, 0) is 69.0 Å². The molecule has 2 aromatic rings. The number of nitrogens with zero attached hydrogens (tertiary/aromatic N) is 1. The Bertz CT molecular complexity index is 858. The highest BCUT2D eigenvalue weighted by Crippen LogP contribution is 2.27. The Morgan fingerprint density at radius 2 is 1.87 bits per heavy atom. The third-order valence-electron chi connectivity index (χ3n) is 5.17. The van der Waals surface area contributed by atoms with Crippen LogP contribution in [0.1, 0.15) is 25.3 Å². The van der Waals surface area contributed by atoms with E-state index >= 15 is 0 Å². The van der Waals surface area contributed by atoms with E-state index < -0.39 is 0 Å². The maximum Gasteiger partial charge on any atom is 0.319 e. The summed E-state index contributed by atoms with van der Waals surface area (Å²) in [5.74, 6) is 0.406. The van der Waals surface area contributed by atoms with Crippen molar-refractivity contribution in [1.29, 1.82) is 0 Å². The number of amides is 3. The van der Waals surface area contributed by atoms with Gasteiger partial charge in [0.25, 0.3) is 0 Å². The molecule has 3 amide bonds. The minimum absolute atomic E-state index is 0.142. The molecule has 1 aliphatic heterocycles. The molecule has 2 atom stereocenters. The largest absolute Gasteiger partial charge is 0.341 e. The van der Waals surface area contributed by atoms with Crippen LogP contribution in [0.15, 0.2) is 53.4 Å². The third kappa shape index (κ3) is 6.67. The zero-order valence-corrected chi connectivity index (χ0v) is 18.9. The molecule has 1 fully saturated rings. The number of aryl methyl sites for hydroxylation is 1. The number of hydrogen-bond acceptors (Lipinski definition) is 3. The standard InChI is InChI=1S/C23H28ClN3O2S/c1-16-5-9-20(10-6-16)26-23(29)25-14-18-4-3-13-27(15-18)22(28)17(2)30-21-11-7-19(24)8-12-21/h5-12,17-18H,3-4,13-15H2,1-2H3,(H2,25,26,29). The van der Waals surface area contributed by atoms with Gasteiger partial charge in [0.2, 0.25) is 5.91 Å². The molecule has 2 N–H and O–H groups in total. The molecule has 0 aliphatic carbocycles. The second-order valence-electron chi connectivity index (χ2n) is 7.71. The predicted octanol–water partition coefficient (Wildman–Crippen LogP) is 5.19. The molecule has 2 aromatic carbocycles. The SMILES string of the molecule is Cc1ccc(NC(=O)NCC2CCCN(C(=O)C(C)Sc3ccc(Cl)cc3)C2)cc1. The number of nitrogens with one attached hydrogen (secondary N) is 2. The number of piperidine rings is 1. The molecule has 0 saturated carbocycles. The fourth-order valence-corrected chi connectivity index (χ4v) is 4.58. The first kappa shape index (κ1) is 22.5. The Kier molecular flexibility index (Phi) is 8.05. The molecular weight excluding hydrogens is 418 g/mol. The summed E-state index contributed by atoms with van der Waals surface area (Å²) in [6.07, 6.45) is 1.96. The Morgan fingerprint density at radius 1 is 1.17 bits per heavy atom. The number of halogens is 1. The topological polar surface area (TPSA) is 61.4 Å². The van der Waals surface area contributed by atoms with Crippen molar-refractivity contribution in [3.05, 3.63) is 59.1 Å². The molecule has 0 spiro atoms. The van der Waals surface area contributed by atoms with Crippen molar-refractivity contribution in [2.24, 2.45) is 5.92 Å². The normalized spacial score (nSPS) is 17.3. The van der Waals surface area contributed by atoms with Gasteiger partial charge in [-0.15, -0.1) is 11.8 Å². The highest BCUT2D eigenvalue weighted by atomic mass is 35.5. The summed E-state index contributed by atoms with van der Waals surface area (Å²) in [6, 6.07) is 15.0. The number of benzene rings is 2. The number of urea groups is 1. The minimum atomic E-state index is -0.214. The number of hydrogen-bond donors (Lipinski definition) is 2. The van der Waals surface area contributed by atoms with Crippen LogP contribution in [0, 0.1) is 12.8 Å². The van der Waals surface area contributed by atoms with E-state index in [-0.39, 0.29) is 23.1 Å². The fraction of sp³-hybridized carbons (Fsp3) is 0.391. The van der Waals surface area contributed by atoms with Gasteiger partial charge in [-0.2, -0.15) is 0 Å². The Hall–Kier alpha value is -2.18. The van der Waals surface area contributed by atoms with E-state index in [2.05, 4.69) is 10.6 Å². The van der Waals surface area contributed by atoms with Crippen LogP contribution in [0.5, 0.6) is 0 Å². The molecule has 1 aliphatic rings. The van der Waals surface area contributed by atoms with Gasteiger partial charge in [-0.3, -0.25) is 4.79 Å². The van der Waals surface area contributed by atoms with Crippen molar-refractivity contribution in [2.45, 2.75) is 36.8 Å². The van der Waals surface area contributed by atoms with Crippen LogP contribution in [0.3, 0.4) is 0 Å². The zero-order chi connectivity index (χ0) is 21.5. The summed E-state index contributed by atoms with van der Waals surface area (Å²) in [7, 11) is 0. The van der Waals surface area contributed by atoms with Crippen molar-refractivity contribution >= 4 is 41.0 Å². The average molecular weight is 446 g/mol. The minimum Gasteiger partial charge on any atom is -0.341 e. The number of carbonyl (C=O) groups excluding carboxylic acids is 2. The second kappa shape index (κ2) is 10.7. The third-order valence-corrected chi connectivity index (χ3v) is 6.52. The number of anilines is 1. The predicted molar refractivity (Wildman–Crippen MR) is 124 cm³/mol. The monoisotopic (exact) mass is 445 g/mol. The molecule has 3 rings (SSSR count). The maximum atomic E-state index is 12.9. The molecule has 0 bridgehead atoms. The number of carbonyl (C=O) groups is 2. The maximum absolute atomic E-state index is 12.9. The van der Waals surface area contributed by atoms with Gasteiger partial charge in [0.1, 0.15) is 0 Å². The quantitative estimate of drug-likeness (QED) is 0.601. The lowest BCUT2D eigenvalue weighted by Crippen LogP contribution is -2.46. The van der Waals surface area contributed by atoms with Crippen LogP contribution in [0.2, 0.25) is 5.02 Å². The first-order valence-electron chi connectivity index (χ1n) is 10.2. The number of thioether (sulfide) groups is 1. The molecule has 160 valence electrons. The van der Waals surface area contributed by atoms with Gasteiger partial charge >= 0.3 is 6.03 Å². The highest BCUT2D eigenvalue weighted by molar-refractivity contribution is 8.00. The zero-order valence-electron chi connectivity index (χ0n) is 17.4. The van der Waals surface area contributed by atoms with Crippen molar-refractivity contribution in [3.63, 3.8) is 0 Å². The fourth-order valence-electron chi connectivity index (χ4n) is 3.51. The Morgan fingerprint density at radius 3 is 2.57 bits per heavy atom. The molecule has 0 radical (unpaired) electrons. The van der Waals surface area contributed by atoms with E-state index in [9.17, 15) is 9.59 Å². The van der Waals surface area contributed by atoms with Crippen molar-refractivity contribution in [1.82, 2.24) is 10.2 Å². The van der Waals surface area contributed by atoms with Gasteiger partial charge in [0.15, 0.2) is 0 Å². The summed E-state index contributed by atoms with van der Waals surface area (Å²) in [6.45, 7) is 5.96. The number of likely N-dealkylation sites (tertiary alicyclic amines) is 1. The van der Waals surface area contributed by atoms with Crippen LogP contribution in [-0.4, -0.2) is 41.7 Å². The number of rotatable bonds is 6. The molecule has 2 unspecified atom stereocenters. The Labute approximate surface area is 187 Å². The summed E-state index contributed by atoms with van der Waals surface area (Å²) in [4.78, 5) is 28.0. The van der Waals surface area contributed by atoms with Gasteiger partial charge in [-0.25, -0.2) is 4.79 Å². The summed E-state index contributed by atoms with van der Waals surface area (Å²) < 4.78 is 0. The van der Waals surface area contributed by atoms with E-state index in [1.807, 2.05) is 67.3 Å². The molecule has 5 nitrogen and oxygen atoms in total. The van der Waals surface area contributed by atoms with Crippen molar-refractivity contribution in [2.75, 3.05) is 25.0 Å². The lowest BCUT2D eigenvalue weighted by Gasteiger charge is -2.34. The van der Waals surface area contributed by atoms with Crippen LogP contribution < -0.4 is 10.6 Å². The van der Waals surface area contributed by atoms with Gasteiger partial charge in [0.05, 0.1) is 5.25 Å². The van der Waals surface area contributed by atoms with Crippen LogP contribution >= 0.6 is 23.4 Å². The molecule has 7 heteroatoms. The lowest BCUT2D eigenvalue weighted by atomic mass is 9.98. The van der Waals surface area contributed by atoms with E-state index in [0.717, 1.165) is 35.5 Å². The average Bonchev–Trinajstić information content (AvgIpc) is 2.75. The van der Waals surface area contributed by atoms with Crippen LogP contribution in [-0.2, 0) is 4.79 Å². The van der Waals surface area contributed by atoms with E-state index in [0.29, 0.717) is 18.1 Å². The van der Waals surface area contributed by atoms with Gasteiger partial charge in [-0.1, -0.05) is 29.3 Å². The van der Waals surface area contributed by atoms with Gasteiger partial charge < -0.3 is 15.5 Å². The Balaban J connectivity index is 1.45. The van der Waals surface area contributed by atoms with Crippen LogP contribution in [0.4, 0.5) is 10.5 Å². The van der Waals surface area contributed by atoms with Crippen molar-refractivity contribution in [3.8, 4) is 0 Å².